The number of rotatable bonds is 5. The van der Waals surface area contributed by atoms with Crippen molar-refractivity contribution in [1.82, 2.24) is 0 Å². The molecule has 5 nitrogen and oxygen atoms in total. The van der Waals surface area contributed by atoms with Crippen molar-refractivity contribution in [2.24, 2.45) is 4.99 Å². The van der Waals surface area contributed by atoms with Crippen LogP contribution in [0.1, 0.15) is 11.1 Å². The quantitative estimate of drug-likeness (QED) is 0.699. The number of benzene rings is 2. The van der Waals surface area contributed by atoms with E-state index in [1.807, 2.05) is 30.3 Å². The van der Waals surface area contributed by atoms with E-state index in [0.717, 1.165) is 22.4 Å². The standard InChI is InChI=1S/C21H24N2O3S2/c1-15-8-9-17(12-16(15)2)23-20-14-28(24,25)13-19(20)22-21(23)27-11-10-26-18-6-4-3-5-7-18/h3-9,12,19-20H,10-11,13-14H2,1-2H3/t19-,20-/m1/s1. The van der Waals surface area contributed by atoms with Crippen molar-refractivity contribution < 1.29 is 13.2 Å². The number of anilines is 1. The van der Waals surface area contributed by atoms with E-state index in [1.54, 1.807) is 11.8 Å². The molecule has 0 saturated carbocycles. The maximum absolute atomic E-state index is 12.1. The lowest BCUT2D eigenvalue weighted by molar-refractivity contribution is 0.344. The van der Waals surface area contributed by atoms with Crippen molar-refractivity contribution in [3.63, 3.8) is 0 Å². The molecule has 1 fully saturated rings. The molecule has 7 heteroatoms. The van der Waals surface area contributed by atoms with Gasteiger partial charge in [0.15, 0.2) is 15.0 Å². The highest BCUT2D eigenvalue weighted by Crippen LogP contribution is 2.35. The summed E-state index contributed by atoms with van der Waals surface area (Å²) in [5.41, 5.74) is 3.43. The van der Waals surface area contributed by atoms with Gasteiger partial charge in [-0.15, -0.1) is 0 Å². The van der Waals surface area contributed by atoms with Crippen LogP contribution in [-0.4, -0.2) is 49.5 Å². The van der Waals surface area contributed by atoms with Gasteiger partial charge in [-0.25, -0.2) is 8.42 Å². The van der Waals surface area contributed by atoms with Gasteiger partial charge in [0.25, 0.3) is 0 Å². The maximum Gasteiger partial charge on any atom is 0.164 e. The van der Waals surface area contributed by atoms with Crippen molar-refractivity contribution in [2.75, 3.05) is 28.8 Å². The van der Waals surface area contributed by atoms with Crippen LogP contribution in [0.3, 0.4) is 0 Å². The van der Waals surface area contributed by atoms with Crippen LogP contribution in [0.5, 0.6) is 5.75 Å². The molecule has 2 aliphatic rings. The lowest BCUT2D eigenvalue weighted by Crippen LogP contribution is -2.39. The van der Waals surface area contributed by atoms with E-state index in [1.165, 1.54) is 11.1 Å². The molecule has 2 aliphatic heterocycles. The Morgan fingerprint density at radius 2 is 1.89 bits per heavy atom. The van der Waals surface area contributed by atoms with E-state index < -0.39 is 9.84 Å². The predicted octanol–water partition coefficient (Wildman–Crippen LogP) is 3.46. The number of aryl methyl sites for hydroxylation is 2. The number of amidine groups is 1. The molecule has 0 aromatic heterocycles. The van der Waals surface area contributed by atoms with E-state index in [0.29, 0.717) is 6.61 Å². The summed E-state index contributed by atoms with van der Waals surface area (Å²) < 4.78 is 30.1. The first kappa shape index (κ1) is 19.3. The van der Waals surface area contributed by atoms with Crippen LogP contribution >= 0.6 is 11.8 Å². The Hall–Kier alpha value is -1.99. The summed E-state index contributed by atoms with van der Waals surface area (Å²) >= 11 is 1.63. The normalized spacial score (nSPS) is 22.8. The molecule has 28 heavy (non-hydrogen) atoms. The first-order chi connectivity index (χ1) is 13.4. The second-order valence-corrected chi connectivity index (χ2v) is 10.5. The zero-order valence-electron chi connectivity index (χ0n) is 16.0. The van der Waals surface area contributed by atoms with Gasteiger partial charge in [0.05, 0.1) is 30.2 Å². The molecule has 2 atom stereocenters. The van der Waals surface area contributed by atoms with Crippen molar-refractivity contribution in [3.8, 4) is 5.75 Å². The Labute approximate surface area is 170 Å². The molecule has 0 amide bonds. The molecule has 4 rings (SSSR count). The van der Waals surface area contributed by atoms with Gasteiger partial charge in [0.2, 0.25) is 0 Å². The highest BCUT2D eigenvalue weighted by atomic mass is 32.2. The molecule has 148 valence electrons. The number of para-hydroxylation sites is 1. The fourth-order valence-corrected chi connectivity index (χ4v) is 6.40. The molecule has 2 heterocycles. The lowest BCUT2D eigenvalue weighted by atomic mass is 10.1. The van der Waals surface area contributed by atoms with Crippen molar-refractivity contribution >= 4 is 32.5 Å². The number of aliphatic imine (C=N–C) groups is 1. The molecule has 0 radical (unpaired) electrons. The fraction of sp³-hybridized carbons (Fsp3) is 0.381. The van der Waals surface area contributed by atoms with Crippen molar-refractivity contribution in [1.29, 1.82) is 0 Å². The number of sulfone groups is 1. The largest absolute Gasteiger partial charge is 0.493 e. The predicted molar refractivity (Wildman–Crippen MR) is 116 cm³/mol. The Morgan fingerprint density at radius 1 is 1.11 bits per heavy atom. The number of ether oxygens (including phenoxy) is 1. The summed E-state index contributed by atoms with van der Waals surface area (Å²) in [7, 11) is -3.03. The van der Waals surface area contributed by atoms with Gasteiger partial charge in [-0.3, -0.25) is 4.99 Å². The Morgan fingerprint density at radius 3 is 2.64 bits per heavy atom. The average molecular weight is 417 g/mol. The fourth-order valence-electron chi connectivity index (χ4n) is 3.62. The average Bonchev–Trinajstić information content (AvgIpc) is 3.13. The number of nitrogens with zero attached hydrogens (tertiary/aromatic N) is 2. The van der Waals surface area contributed by atoms with Crippen LogP contribution in [0.4, 0.5) is 5.69 Å². The highest BCUT2D eigenvalue weighted by molar-refractivity contribution is 8.14. The van der Waals surface area contributed by atoms with Gasteiger partial charge in [0.1, 0.15) is 5.75 Å². The molecule has 2 aromatic rings. The molecule has 1 saturated heterocycles. The zero-order valence-corrected chi connectivity index (χ0v) is 17.7. The monoisotopic (exact) mass is 416 g/mol. The second-order valence-electron chi connectivity index (χ2n) is 7.27. The molecule has 0 bridgehead atoms. The lowest BCUT2D eigenvalue weighted by Gasteiger charge is -2.27. The highest BCUT2D eigenvalue weighted by Gasteiger charge is 2.47. The number of fused-ring (bicyclic) bond motifs is 1. The first-order valence-corrected chi connectivity index (χ1v) is 12.2. The minimum Gasteiger partial charge on any atom is -0.493 e. The molecule has 0 N–H and O–H groups in total. The van der Waals surface area contributed by atoms with E-state index in [2.05, 4.69) is 36.9 Å². The van der Waals surface area contributed by atoms with Gasteiger partial charge >= 0.3 is 0 Å². The summed E-state index contributed by atoms with van der Waals surface area (Å²) in [5.74, 6) is 1.91. The van der Waals surface area contributed by atoms with Gasteiger partial charge in [0, 0.05) is 11.4 Å². The van der Waals surface area contributed by atoms with Gasteiger partial charge in [-0.05, 0) is 49.2 Å². The third-order valence-electron chi connectivity index (χ3n) is 5.20. The third-order valence-corrected chi connectivity index (χ3v) is 7.83. The molecule has 0 unspecified atom stereocenters. The number of hydrogen-bond acceptors (Lipinski definition) is 6. The number of hydrogen-bond donors (Lipinski definition) is 0. The van der Waals surface area contributed by atoms with Crippen LogP contribution in [0.25, 0.3) is 0 Å². The minimum atomic E-state index is -3.03. The molecular formula is C21H24N2O3S2. The number of thioether (sulfide) groups is 1. The third kappa shape index (κ3) is 4.05. The van der Waals surface area contributed by atoms with Crippen LogP contribution in [0.15, 0.2) is 53.5 Å². The van der Waals surface area contributed by atoms with Gasteiger partial charge in [-0.1, -0.05) is 36.0 Å². The summed E-state index contributed by atoms with van der Waals surface area (Å²) in [6.45, 7) is 4.73. The molecule has 0 spiro atoms. The van der Waals surface area contributed by atoms with E-state index >= 15 is 0 Å². The van der Waals surface area contributed by atoms with E-state index in [-0.39, 0.29) is 23.6 Å². The second kappa shape index (κ2) is 7.79. The van der Waals surface area contributed by atoms with E-state index in [9.17, 15) is 8.42 Å². The summed E-state index contributed by atoms with van der Waals surface area (Å²) in [6, 6.07) is 15.7. The first-order valence-electron chi connectivity index (χ1n) is 9.38. The van der Waals surface area contributed by atoms with E-state index in [4.69, 9.17) is 9.73 Å². The van der Waals surface area contributed by atoms with Crippen LogP contribution in [-0.2, 0) is 9.84 Å². The molecule has 0 aliphatic carbocycles. The van der Waals surface area contributed by atoms with Gasteiger partial charge in [-0.2, -0.15) is 0 Å². The van der Waals surface area contributed by atoms with Crippen LogP contribution in [0.2, 0.25) is 0 Å². The minimum absolute atomic E-state index is 0.107. The Balaban J connectivity index is 1.49. The Kier molecular flexibility index (Phi) is 5.38. The topological polar surface area (TPSA) is 59.0 Å². The van der Waals surface area contributed by atoms with Crippen molar-refractivity contribution in [3.05, 3.63) is 59.7 Å². The van der Waals surface area contributed by atoms with Crippen LogP contribution < -0.4 is 9.64 Å². The Bertz CT molecular complexity index is 990. The van der Waals surface area contributed by atoms with Gasteiger partial charge < -0.3 is 9.64 Å². The summed E-state index contributed by atoms with van der Waals surface area (Å²) in [5, 5.41) is 0.893. The molecular weight excluding hydrogens is 392 g/mol. The SMILES string of the molecule is Cc1ccc(N2C(SCCOc3ccccc3)=N[C@@H]3CS(=O)(=O)C[C@H]32)cc1C. The maximum atomic E-state index is 12.1. The van der Waals surface area contributed by atoms with Crippen molar-refractivity contribution in [2.45, 2.75) is 25.9 Å². The summed E-state index contributed by atoms with van der Waals surface area (Å²) in [4.78, 5) is 6.89. The smallest absolute Gasteiger partial charge is 0.164 e. The van der Waals surface area contributed by atoms with Crippen LogP contribution in [0, 0.1) is 13.8 Å². The zero-order chi connectivity index (χ0) is 19.7. The molecule has 2 aromatic carbocycles. The summed E-state index contributed by atoms with van der Waals surface area (Å²) in [6.07, 6.45) is 0.